The monoisotopic (exact) mass is 253 g/mol. The van der Waals surface area contributed by atoms with E-state index >= 15 is 0 Å². The number of aliphatic hydroxyl groups is 1. The van der Waals surface area contributed by atoms with Crippen molar-refractivity contribution in [1.82, 2.24) is 5.32 Å². The molecule has 1 atom stereocenters. The molecule has 0 radical (unpaired) electrons. The van der Waals surface area contributed by atoms with E-state index in [0.29, 0.717) is 12.9 Å². The van der Waals surface area contributed by atoms with Crippen molar-refractivity contribution in [1.29, 1.82) is 0 Å². The molecule has 0 aromatic carbocycles. The van der Waals surface area contributed by atoms with Crippen molar-refractivity contribution in [3.63, 3.8) is 0 Å². The maximum Gasteiger partial charge on any atom is 0.293 e. The lowest BCUT2D eigenvalue weighted by atomic mass is 10.0. The van der Waals surface area contributed by atoms with Crippen molar-refractivity contribution < 1.29 is 23.4 Å². The number of rotatable bonds is 2. The van der Waals surface area contributed by atoms with Gasteiger partial charge < -0.3 is 15.2 Å². The van der Waals surface area contributed by atoms with Crippen molar-refractivity contribution in [2.24, 2.45) is 0 Å². The molecule has 1 aliphatic heterocycles. The van der Waals surface area contributed by atoms with Crippen molar-refractivity contribution in [2.75, 3.05) is 13.2 Å². The quantitative estimate of drug-likeness (QED) is 0.729. The normalized spacial score (nSPS) is 23.3. The summed E-state index contributed by atoms with van der Waals surface area (Å²) in [6.45, 7) is 5.58. The summed E-state index contributed by atoms with van der Waals surface area (Å²) >= 11 is 0. The summed E-state index contributed by atoms with van der Waals surface area (Å²) in [5.74, 6) is -2.56. The lowest BCUT2D eigenvalue weighted by Crippen LogP contribution is -2.46. The molecule has 1 rings (SSSR count). The molecule has 0 aliphatic carbocycles. The lowest BCUT2D eigenvalue weighted by Gasteiger charge is -2.28. The zero-order valence-electron chi connectivity index (χ0n) is 10.5. The molecule has 4 nitrogen and oxygen atoms in total. The lowest BCUT2D eigenvalue weighted by molar-refractivity contribution is -0.138. The summed E-state index contributed by atoms with van der Waals surface area (Å²) in [5, 5.41) is 11.1. The Morgan fingerprint density at radius 1 is 1.53 bits per heavy atom. The van der Waals surface area contributed by atoms with Crippen LogP contribution in [0.1, 0.15) is 33.6 Å². The van der Waals surface area contributed by atoms with Crippen LogP contribution in [-0.2, 0) is 9.53 Å². The second-order valence-electron chi connectivity index (χ2n) is 4.98. The van der Waals surface area contributed by atoms with Crippen molar-refractivity contribution >= 4 is 6.47 Å². The number of alkyl halides is 2. The van der Waals surface area contributed by atoms with E-state index in [1.54, 1.807) is 0 Å². The summed E-state index contributed by atoms with van der Waals surface area (Å²) in [4.78, 5) is 9.60. The smallest absolute Gasteiger partial charge is 0.293 e. The topological polar surface area (TPSA) is 58.6 Å². The largest absolute Gasteiger partial charge is 0.462 e. The third kappa shape index (κ3) is 9.00. The highest BCUT2D eigenvalue weighted by Crippen LogP contribution is 2.24. The van der Waals surface area contributed by atoms with E-state index in [0.717, 1.165) is 0 Å². The van der Waals surface area contributed by atoms with Gasteiger partial charge in [-0.25, -0.2) is 8.78 Å². The molecule has 0 saturated carbocycles. The predicted molar refractivity (Wildman–Crippen MR) is 60.0 cm³/mol. The molecule has 1 unspecified atom stereocenters. The minimum atomic E-state index is -2.56. The maximum atomic E-state index is 12.4. The molecule has 0 aromatic heterocycles. The highest BCUT2D eigenvalue weighted by molar-refractivity contribution is 5.37. The Labute approximate surface area is 100 Å². The zero-order valence-corrected chi connectivity index (χ0v) is 10.5. The van der Waals surface area contributed by atoms with E-state index < -0.39 is 5.92 Å². The number of nitrogens with one attached hydrogen (secondary N) is 1. The van der Waals surface area contributed by atoms with E-state index in [1.165, 1.54) is 0 Å². The van der Waals surface area contributed by atoms with E-state index in [4.69, 9.17) is 5.11 Å². The summed E-state index contributed by atoms with van der Waals surface area (Å²) in [5.41, 5.74) is -0.318. The number of carbonyl (C=O) groups is 1. The summed E-state index contributed by atoms with van der Waals surface area (Å²) in [6, 6.07) is -0.125. The second-order valence-corrected chi connectivity index (χ2v) is 4.98. The van der Waals surface area contributed by atoms with Crippen LogP contribution in [0.5, 0.6) is 0 Å². The average molecular weight is 253 g/mol. The first-order valence-corrected chi connectivity index (χ1v) is 5.54. The third-order valence-corrected chi connectivity index (χ3v) is 2.13. The Hall–Kier alpha value is -0.750. The Morgan fingerprint density at radius 3 is 2.35 bits per heavy atom. The Kier molecular flexibility index (Phi) is 6.56. The van der Waals surface area contributed by atoms with Gasteiger partial charge in [0.15, 0.2) is 0 Å². The minimum absolute atomic E-state index is 0.0456. The summed E-state index contributed by atoms with van der Waals surface area (Å²) < 4.78 is 29.3. The van der Waals surface area contributed by atoms with Gasteiger partial charge in [-0.05, 0) is 27.2 Å². The van der Waals surface area contributed by atoms with Crippen molar-refractivity contribution in [3.8, 4) is 0 Å². The molecule has 17 heavy (non-hydrogen) atoms. The fourth-order valence-corrected chi connectivity index (χ4v) is 1.17. The van der Waals surface area contributed by atoms with Gasteiger partial charge in [-0.2, -0.15) is 0 Å². The number of halogens is 2. The van der Waals surface area contributed by atoms with Gasteiger partial charge in [0, 0.05) is 12.5 Å². The number of piperidine rings is 1. The standard InChI is InChI=1S/C6H11F2NO.C5H10O2/c7-6(8)2-1-5(3-10)9-4-6;1-5(2,3)7-4-6/h5,9-10H,1-4H2;4H,1-3H3. The molecule has 0 aromatic rings. The molecule has 2 N–H and O–H groups in total. The number of ether oxygens (including phenoxy) is 1. The Balaban J connectivity index is 0.000000325. The molecule has 102 valence electrons. The predicted octanol–water partition coefficient (Wildman–Crippen LogP) is 1.32. The zero-order chi connectivity index (χ0) is 13.5. The van der Waals surface area contributed by atoms with Crippen LogP contribution >= 0.6 is 0 Å². The van der Waals surface area contributed by atoms with Crippen LogP contribution in [0.3, 0.4) is 0 Å². The summed E-state index contributed by atoms with van der Waals surface area (Å²) in [7, 11) is 0. The molecule has 0 bridgehead atoms. The molecular formula is C11H21F2NO3. The SMILES string of the molecule is CC(C)(C)OC=O.OCC1CCC(F)(F)CN1. The van der Waals surface area contributed by atoms with Crippen LogP contribution in [-0.4, -0.2) is 42.3 Å². The fourth-order valence-electron chi connectivity index (χ4n) is 1.17. The van der Waals surface area contributed by atoms with Crippen LogP contribution in [0.4, 0.5) is 8.78 Å². The van der Waals surface area contributed by atoms with Crippen molar-refractivity contribution in [3.05, 3.63) is 0 Å². The van der Waals surface area contributed by atoms with Crippen LogP contribution in [0.2, 0.25) is 0 Å². The first kappa shape index (κ1) is 16.2. The van der Waals surface area contributed by atoms with Gasteiger partial charge in [-0.3, -0.25) is 4.79 Å². The highest BCUT2D eigenvalue weighted by atomic mass is 19.3. The van der Waals surface area contributed by atoms with Gasteiger partial charge in [0.2, 0.25) is 0 Å². The van der Waals surface area contributed by atoms with Crippen LogP contribution in [0.25, 0.3) is 0 Å². The first-order valence-electron chi connectivity index (χ1n) is 5.54. The Morgan fingerprint density at radius 2 is 2.12 bits per heavy atom. The van der Waals surface area contributed by atoms with Gasteiger partial charge in [-0.1, -0.05) is 0 Å². The van der Waals surface area contributed by atoms with Gasteiger partial charge in [-0.15, -0.1) is 0 Å². The van der Waals surface area contributed by atoms with Crippen molar-refractivity contribution in [2.45, 2.75) is 51.2 Å². The average Bonchev–Trinajstić information content (AvgIpc) is 2.17. The second kappa shape index (κ2) is 6.86. The molecule has 1 fully saturated rings. The van der Waals surface area contributed by atoms with Gasteiger partial charge in [0.05, 0.1) is 13.2 Å². The van der Waals surface area contributed by atoms with Crippen LogP contribution < -0.4 is 5.32 Å². The first-order chi connectivity index (χ1) is 7.70. The molecule has 0 spiro atoms. The number of hydrogen-bond donors (Lipinski definition) is 2. The third-order valence-electron chi connectivity index (χ3n) is 2.13. The van der Waals surface area contributed by atoms with E-state index in [2.05, 4.69) is 10.1 Å². The van der Waals surface area contributed by atoms with Gasteiger partial charge >= 0.3 is 0 Å². The molecule has 1 aliphatic rings. The maximum absolute atomic E-state index is 12.4. The number of aliphatic hydroxyl groups excluding tert-OH is 1. The van der Waals surface area contributed by atoms with Gasteiger partial charge in [0.25, 0.3) is 12.4 Å². The molecular weight excluding hydrogens is 232 g/mol. The molecule has 0 amide bonds. The van der Waals surface area contributed by atoms with E-state index in [9.17, 15) is 13.6 Å². The Bertz CT molecular complexity index is 219. The number of carbonyl (C=O) groups excluding carboxylic acids is 1. The van der Waals surface area contributed by atoms with E-state index in [1.807, 2.05) is 20.8 Å². The number of hydrogen-bond acceptors (Lipinski definition) is 4. The highest BCUT2D eigenvalue weighted by Gasteiger charge is 2.34. The van der Waals surface area contributed by atoms with E-state index in [-0.39, 0.29) is 31.2 Å². The molecule has 1 heterocycles. The van der Waals surface area contributed by atoms with Crippen LogP contribution in [0.15, 0.2) is 0 Å². The van der Waals surface area contributed by atoms with Crippen LogP contribution in [0, 0.1) is 0 Å². The molecule has 1 saturated heterocycles. The van der Waals surface area contributed by atoms with Gasteiger partial charge in [0.1, 0.15) is 5.60 Å². The summed E-state index contributed by atoms with van der Waals surface area (Å²) in [6.07, 6.45) is 0.259. The molecule has 6 heteroatoms. The fraction of sp³-hybridized carbons (Fsp3) is 0.909. The minimum Gasteiger partial charge on any atom is -0.462 e.